The average Bonchev–Trinajstić information content (AvgIpc) is 2.53. The number of sulfonamides is 1. The third kappa shape index (κ3) is 4.78. The van der Waals surface area contributed by atoms with E-state index in [1.807, 2.05) is 19.9 Å². The summed E-state index contributed by atoms with van der Waals surface area (Å²) in [6, 6.07) is 9.34. The fourth-order valence-corrected chi connectivity index (χ4v) is 4.09. The third-order valence-electron chi connectivity index (χ3n) is 4.02. The number of benzene rings is 2. The van der Waals surface area contributed by atoms with Crippen LogP contribution in [0.3, 0.4) is 0 Å². The minimum absolute atomic E-state index is 0.449. The number of amides is 1. The van der Waals surface area contributed by atoms with Crippen molar-refractivity contribution in [2.24, 2.45) is 0 Å². The maximum atomic E-state index is 12.6. The van der Waals surface area contributed by atoms with Crippen molar-refractivity contribution in [3.8, 4) is 0 Å². The topological polar surface area (TPSA) is 66.5 Å². The summed E-state index contributed by atoms with van der Waals surface area (Å²) in [4.78, 5) is 12.6. The highest BCUT2D eigenvalue weighted by Gasteiger charge is 2.29. The van der Waals surface area contributed by atoms with Gasteiger partial charge in [0, 0.05) is 10.2 Å². The minimum atomic E-state index is -3.66. The number of anilines is 2. The zero-order valence-corrected chi connectivity index (χ0v) is 18.0. The van der Waals surface area contributed by atoms with Crippen LogP contribution in [0.25, 0.3) is 0 Å². The average molecular weight is 460 g/mol. The first kappa shape index (κ1) is 20.7. The second-order valence-corrected chi connectivity index (χ2v) is 9.24. The maximum Gasteiger partial charge on any atom is 0.247 e. The molecular formula is C18H20BrClN2O3S. The molecule has 0 unspecified atom stereocenters. The van der Waals surface area contributed by atoms with Crippen LogP contribution in [-0.4, -0.2) is 26.6 Å². The molecule has 0 aliphatic carbocycles. The van der Waals surface area contributed by atoms with Crippen LogP contribution in [0.4, 0.5) is 11.4 Å². The van der Waals surface area contributed by atoms with E-state index in [1.165, 1.54) is 0 Å². The van der Waals surface area contributed by atoms with Crippen LogP contribution in [-0.2, 0) is 14.8 Å². The molecule has 0 aliphatic rings. The Bertz CT molecular complexity index is 947. The highest BCUT2D eigenvalue weighted by Crippen LogP contribution is 2.27. The number of hydrogen-bond acceptors (Lipinski definition) is 3. The van der Waals surface area contributed by atoms with E-state index >= 15 is 0 Å². The first-order chi connectivity index (χ1) is 12.0. The van der Waals surface area contributed by atoms with E-state index in [4.69, 9.17) is 11.6 Å². The van der Waals surface area contributed by atoms with Crippen molar-refractivity contribution in [1.82, 2.24) is 0 Å². The lowest BCUT2D eigenvalue weighted by Crippen LogP contribution is -2.45. The van der Waals surface area contributed by atoms with E-state index in [9.17, 15) is 13.2 Å². The van der Waals surface area contributed by atoms with E-state index < -0.39 is 22.0 Å². The van der Waals surface area contributed by atoms with Gasteiger partial charge in [0.1, 0.15) is 6.04 Å². The summed E-state index contributed by atoms with van der Waals surface area (Å²) in [7, 11) is -3.66. The van der Waals surface area contributed by atoms with Crippen molar-refractivity contribution in [2.75, 3.05) is 15.9 Å². The fraction of sp³-hybridized carbons (Fsp3) is 0.278. The van der Waals surface area contributed by atoms with Gasteiger partial charge in [-0.2, -0.15) is 0 Å². The zero-order chi connectivity index (χ0) is 19.6. The summed E-state index contributed by atoms with van der Waals surface area (Å²) >= 11 is 9.32. The zero-order valence-electron chi connectivity index (χ0n) is 14.9. The van der Waals surface area contributed by atoms with Crippen molar-refractivity contribution in [3.63, 3.8) is 0 Å². The predicted molar refractivity (Wildman–Crippen MR) is 110 cm³/mol. The van der Waals surface area contributed by atoms with Crippen LogP contribution in [0.5, 0.6) is 0 Å². The van der Waals surface area contributed by atoms with Crippen molar-refractivity contribution >= 4 is 54.8 Å². The summed E-state index contributed by atoms with van der Waals surface area (Å²) in [5.74, 6) is -0.452. The van der Waals surface area contributed by atoms with Gasteiger partial charge in [-0.25, -0.2) is 8.42 Å². The number of halogens is 2. The highest BCUT2D eigenvalue weighted by molar-refractivity contribution is 9.10. The molecule has 0 radical (unpaired) electrons. The van der Waals surface area contributed by atoms with E-state index in [-0.39, 0.29) is 0 Å². The van der Waals surface area contributed by atoms with Crippen molar-refractivity contribution in [3.05, 3.63) is 57.0 Å². The quantitative estimate of drug-likeness (QED) is 0.715. The SMILES string of the molecule is Cc1ccc(N([C@@H](C)C(=O)Nc2ccc(Br)c(Cl)c2)S(C)(=O)=O)cc1C. The Morgan fingerprint density at radius 3 is 2.35 bits per heavy atom. The molecule has 0 saturated carbocycles. The molecule has 26 heavy (non-hydrogen) atoms. The van der Waals surface area contributed by atoms with Gasteiger partial charge in [0.15, 0.2) is 0 Å². The minimum Gasteiger partial charge on any atom is -0.324 e. The summed E-state index contributed by atoms with van der Waals surface area (Å²) in [6.07, 6.45) is 1.09. The molecule has 140 valence electrons. The molecule has 0 aromatic heterocycles. The van der Waals surface area contributed by atoms with Gasteiger partial charge in [-0.3, -0.25) is 9.10 Å². The van der Waals surface area contributed by atoms with Gasteiger partial charge in [0.25, 0.3) is 0 Å². The van der Waals surface area contributed by atoms with Gasteiger partial charge < -0.3 is 5.32 Å². The first-order valence-electron chi connectivity index (χ1n) is 7.83. The summed E-state index contributed by atoms with van der Waals surface area (Å²) in [5, 5.41) is 3.16. The Morgan fingerprint density at radius 2 is 1.81 bits per heavy atom. The van der Waals surface area contributed by atoms with Crippen LogP contribution in [0, 0.1) is 13.8 Å². The number of carbonyl (C=O) groups is 1. The molecule has 0 heterocycles. The molecule has 2 rings (SSSR count). The normalized spacial score (nSPS) is 12.5. The summed E-state index contributed by atoms with van der Waals surface area (Å²) in [5.41, 5.74) is 2.93. The molecule has 0 aliphatic heterocycles. The molecule has 1 amide bonds. The Morgan fingerprint density at radius 1 is 1.15 bits per heavy atom. The molecule has 0 spiro atoms. The van der Waals surface area contributed by atoms with Crippen molar-refractivity contribution < 1.29 is 13.2 Å². The Labute approximate surface area is 167 Å². The van der Waals surface area contributed by atoms with E-state index in [2.05, 4.69) is 21.2 Å². The van der Waals surface area contributed by atoms with Crippen molar-refractivity contribution in [1.29, 1.82) is 0 Å². The Balaban J connectivity index is 2.34. The standard InChI is InChI=1S/C18H20BrClN2O3S/c1-11-5-7-15(9-12(11)2)22(26(4,24)25)13(3)18(23)21-14-6-8-16(19)17(20)10-14/h5-10,13H,1-4H3,(H,21,23)/t13-/m0/s1. The number of carbonyl (C=O) groups excluding carboxylic acids is 1. The van der Waals surface area contributed by atoms with Crippen LogP contribution < -0.4 is 9.62 Å². The molecule has 5 nitrogen and oxygen atoms in total. The van der Waals surface area contributed by atoms with Crippen molar-refractivity contribution in [2.45, 2.75) is 26.8 Å². The van der Waals surface area contributed by atoms with Gasteiger partial charge in [-0.15, -0.1) is 0 Å². The fourth-order valence-electron chi connectivity index (χ4n) is 2.49. The molecule has 0 saturated heterocycles. The summed E-state index contributed by atoms with van der Waals surface area (Å²) in [6.45, 7) is 5.39. The molecule has 0 fully saturated rings. The van der Waals surface area contributed by atoms with Gasteiger partial charge in [-0.1, -0.05) is 17.7 Å². The molecule has 1 atom stereocenters. The first-order valence-corrected chi connectivity index (χ1v) is 10.8. The molecular weight excluding hydrogens is 440 g/mol. The lowest BCUT2D eigenvalue weighted by Gasteiger charge is -2.28. The predicted octanol–water partition coefficient (Wildman–Crippen LogP) is 4.51. The number of aryl methyl sites for hydroxylation is 2. The Hall–Kier alpha value is -1.57. The van der Waals surface area contributed by atoms with Gasteiger partial charge >= 0.3 is 0 Å². The third-order valence-corrected chi connectivity index (χ3v) is 6.49. The molecule has 2 aromatic rings. The van der Waals surface area contributed by atoms with Gasteiger partial charge in [0.05, 0.1) is 17.0 Å². The monoisotopic (exact) mass is 458 g/mol. The summed E-state index contributed by atoms with van der Waals surface area (Å²) < 4.78 is 26.5. The number of rotatable bonds is 5. The van der Waals surface area contributed by atoms with Gasteiger partial charge in [0.2, 0.25) is 15.9 Å². The van der Waals surface area contributed by atoms with E-state index in [1.54, 1.807) is 37.3 Å². The van der Waals surface area contributed by atoms with E-state index in [0.717, 1.165) is 21.7 Å². The maximum absolute atomic E-state index is 12.6. The van der Waals surface area contributed by atoms with E-state index in [0.29, 0.717) is 20.9 Å². The lowest BCUT2D eigenvalue weighted by atomic mass is 10.1. The molecule has 8 heteroatoms. The largest absolute Gasteiger partial charge is 0.324 e. The number of hydrogen-bond donors (Lipinski definition) is 1. The second kappa shape index (κ2) is 7.98. The lowest BCUT2D eigenvalue weighted by molar-refractivity contribution is -0.116. The highest BCUT2D eigenvalue weighted by atomic mass is 79.9. The molecule has 2 aromatic carbocycles. The van der Waals surface area contributed by atoms with Crippen LogP contribution in [0.2, 0.25) is 5.02 Å². The molecule has 0 bridgehead atoms. The smallest absolute Gasteiger partial charge is 0.247 e. The Kier molecular flexibility index (Phi) is 6.37. The molecule has 1 N–H and O–H groups in total. The van der Waals surface area contributed by atoms with Crippen LogP contribution in [0.1, 0.15) is 18.1 Å². The number of nitrogens with one attached hydrogen (secondary N) is 1. The van der Waals surface area contributed by atoms with Gasteiger partial charge in [-0.05, 0) is 78.2 Å². The second-order valence-electron chi connectivity index (χ2n) is 6.12. The van der Waals surface area contributed by atoms with Crippen LogP contribution in [0.15, 0.2) is 40.9 Å². The number of nitrogens with zero attached hydrogens (tertiary/aromatic N) is 1. The van der Waals surface area contributed by atoms with Crippen LogP contribution >= 0.6 is 27.5 Å².